The van der Waals surface area contributed by atoms with E-state index in [1.54, 1.807) is 18.2 Å². The Bertz CT molecular complexity index is 875. The predicted octanol–water partition coefficient (Wildman–Crippen LogP) is 6.31. The second-order valence-electron chi connectivity index (χ2n) is 5.28. The van der Waals surface area contributed by atoms with E-state index in [-0.39, 0.29) is 16.6 Å². The molecule has 0 bridgehead atoms. The van der Waals surface area contributed by atoms with E-state index in [1.807, 2.05) is 6.92 Å². The van der Waals surface area contributed by atoms with Gasteiger partial charge in [0.2, 0.25) is 0 Å². The fraction of sp³-hybridized carbons (Fsp3) is 0.188. The van der Waals surface area contributed by atoms with Gasteiger partial charge in [-0.15, -0.1) is 11.3 Å². The topological polar surface area (TPSA) is 12.9 Å². The third-order valence-electron chi connectivity index (χ3n) is 3.38. The Labute approximate surface area is 136 Å². The molecule has 1 nitrogen and oxygen atoms in total. The summed E-state index contributed by atoms with van der Waals surface area (Å²) in [5.74, 6) is 0. The van der Waals surface area contributed by atoms with E-state index < -0.39 is 23.5 Å². The van der Waals surface area contributed by atoms with Crippen LogP contribution in [-0.4, -0.2) is 4.98 Å². The average molecular weight is 361 g/mol. The highest BCUT2D eigenvalue weighted by Crippen LogP contribution is 2.40. The molecule has 0 aliphatic heterocycles. The number of fused-ring (bicyclic) bond motifs is 1. The number of nitrogens with zero attached hydrogens (tertiary/aromatic N) is 1. The van der Waals surface area contributed by atoms with Gasteiger partial charge >= 0.3 is 12.4 Å². The Morgan fingerprint density at radius 3 is 1.96 bits per heavy atom. The molecule has 0 aliphatic rings. The lowest BCUT2D eigenvalue weighted by Crippen LogP contribution is -2.11. The first-order chi connectivity index (χ1) is 11.0. The fourth-order valence-corrected chi connectivity index (χ4v) is 3.28. The Kier molecular flexibility index (Phi) is 3.82. The number of halogens is 6. The van der Waals surface area contributed by atoms with E-state index in [0.717, 1.165) is 16.9 Å². The SMILES string of the molecule is Cc1ccc2nc(-c3cc(C(F)(F)F)cc(C(F)(F)F)c3)sc2c1. The van der Waals surface area contributed by atoms with Crippen LogP contribution in [0.5, 0.6) is 0 Å². The number of aryl methyl sites for hydroxylation is 1. The van der Waals surface area contributed by atoms with Crippen LogP contribution >= 0.6 is 11.3 Å². The summed E-state index contributed by atoms with van der Waals surface area (Å²) >= 11 is 1.06. The third-order valence-corrected chi connectivity index (χ3v) is 4.45. The highest BCUT2D eigenvalue weighted by Gasteiger charge is 2.37. The van der Waals surface area contributed by atoms with Crippen molar-refractivity contribution >= 4 is 21.6 Å². The van der Waals surface area contributed by atoms with Gasteiger partial charge in [-0.2, -0.15) is 26.3 Å². The molecule has 0 spiro atoms. The van der Waals surface area contributed by atoms with Crippen LogP contribution in [0.2, 0.25) is 0 Å². The van der Waals surface area contributed by atoms with Crippen LogP contribution in [0.15, 0.2) is 36.4 Å². The standard InChI is InChI=1S/C16H9F6NS/c1-8-2-3-12-13(4-8)24-14(23-12)9-5-10(15(17,18)19)7-11(6-9)16(20,21)22/h2-7H,1H3. The van der Waals surface area contributed by atoms with Gasteiger partial charge in [-0.05, 0) is 42.8 Å². The van der Waals surface area contributed by atoms with Crippen molar-refractivity contribution in [3.8, 4) is 10.6 Å². The molecular formula is C16H9F6NS. The minimum Gasteiger partial charge on any atom is -0.236 e. The zero-order valence-electron chi connectivity index (χ0n) is 12.1. The Hall–Kier alpha value is -2.09. The number of hydrogen-bond donors (Lipinski definition) is 0. The fourth-order valence-electron chi connectivity index (χ4n) is 2.23. The van der Waals surface area contributed by atoms with Crippen molar-refractivity contribution in [1.29, 1.82) is 0 Å². The van der Waals surface area contributed by atoms with E-state index in [0.29, 0.717) is 22.3 Å². The van der Waals surface area contributed by atoms with Gasteiger partial charge in [0.1, 0.15) is 5.01 Å². The van der Waals surface area contributed by atoms with E-state index >= 15 is 0 Å². The molecule has 1 heterocycles. The van der Waals surface area contributed by atoms with Gasteiger partial charge in [-0.1, -0.05) is 6.07 Å². The lowest BCUT2D eigenvalue weighted by atomic mass is 10.1. The summed E-state index contributed by atoms with van der Waals surface area (Å²) in [5.41, 5.74) is -1.43. The van der Waals surface area contributed by atoms with Crippen LogP contribution in [0.3, 0.4) is 0 Å². The van der Waals surface area contributed by atoms with Gasteiger partial charge < -0.3 is 0 Å². The number of alkyl halides is 6. The first-order valence-electron chi connectivity index (χ1n) is 6.71. The summed E-state index contributed by atoms with van der Waals surface area (Å²) in [6.45, 7) is 1.84. The number of aromatic nitrogens is 1. The number of rotatable bonds is 1. The quantitative estimate of drug-likeness (QED) is 0.463. The van der Waals surface area contributed by atoms with E-state index in [1.165, 1.54) is 0 Å². The molecule has 24 heavy (non-hydrogen) atoms. The zero-order chi connectivity index (χ0) is 17.7. The van der Waals surface area contributed by atoms with Gasteiger partial charge in [0.25, 0.3) is 0 Å². The molecule has 0 N–H and O–H groups in total. The van der Waals surface area contributed by atoms with Gasteiger partial charge in [0.15, 0.2) is 0 Å². The maximum atomic E-state index is 12.9. The van der Waals surface area contributed by atoms with Crippen LogP contribution in [0.1, 0.15) is 16.7 Å². The van der Waals surface area contributed by atoms with Crippen molar-refractivity contribution in [2.24, 2.45) is 0 Å². The lowest BCUT2D eigenvalue weighted by molar-refractivity contribution is -0.143. The molecular weight excluding hydrogens is 352 g/mol. The average Bonchev–Trinajstić information content (AvgIpc) is 2.88. The molecule has 3 aromatic rings. The molecule has 0 atom stereocenters. The van der Waals surface area contributed by atoms with Gasteiger partial charge in [0, 0.05) is 5.56 Å². The lowest BCUT2D eigenvalue weighted by Gasteiger charge is -2.13. The molecule has 0 unspecified atom stereocenters. The number of thiazole rings is 1. The number of hydrogen-bond acceptors (Lipinski definition) is 2. The summed E-state index contributed by atoms with van der Waals surface area (Å²) in [6, 6.07) is 6.75. The van der Waals surface area contributed by atoms with Crippen molar-refractivity contribution < 1.29 is 26.3 Å². The van der Waals surface area contributed by atoms with Crippen LogP contribution in [0.25, 0.3) is 20.8 Å². The smallest absolute Gasteiger partial charge is 0.236 e. The van der Waals surface area contributed by atoms with Crippen LogP contribution < -0.4 is 0 Å². The Morgan fingerprint density at radius 1 is 0.833 bits per heavy atom. The first kappa shape index (κ1) is 16.8. The summed E-state index contributed by atoms with van der Waals surface area (Å²) in [4.78, 5) is 4.15. The molecule has 0 saturated carbocycles. The largest absolute Gasteiger partial charge is 0.416 e. The molecule has 126 valence electrons. The van der Waals surface area contributed by atoms with Gasteiger partial charge in [-0.3, -0.25) is 0 Å². The van der Waals surface area contributed by atoms with Crippen LogP contribution in [-0.2, 0) is 12.4 Å². The second-order valence-corrected chi connectivity index (χ2v) is 6.32. The second kappa shape index (κ2) is 5.47. The Morgan fingerprint density at radius 2 is 1.42 bits per heavy atom. The maximum absolute atomic E-state index is 12.9. The minimum absolute atomic E-state index is 0.112. The van der Waals surface area contributed by atoms with E-state index in [2.05, 4.69) is 4.98 Å². The molecule has 0 aliphatic carbocycles. The summed E-state index contributed by atoms with van der Waals surface area (Å²) < 4.78 is 78.3. The highest BCUT2D eigenvalue weighted by molar-refractivity contribution is 7.21. The first-order valence-corrected chi connectivity index (χ1v) is 7.53. The van der Waals surface area contributed by atoms with Gasteiger partial charge in [0.05, 0.1) is 21.3 Å². The summed E-state index contributed by atoms with van der Waals surface area (Å²) in [5, 5.41) is 0.118. The summed E-state index contributed by atoms with van der Waals surface area (Å²) in [7, 11) is 0. The van der Waals surface area contributed by atoms with Crippen LogP contribution in [0, 0.1) is 6.92 Å². The predicted molar refractivity (Wildman–Crippen MR) is 79.8 cm³/mol. The normalized spacial score (nSPS) is 12.8. The molecule has 0 radical (unpaired) electrons. The van der Waals surface area contributed by atoms with Crippen molar-refractivity contribution in [1.82, 2.24) is 4.98 Å². The van der Waals surface area contributed by atoms with Crippen molar-refractivity contribution in [2.75, 3.05) is 0 Å². The Balaban J connectivity index is 2.21. The molecule has 0 amide bonds. The van der Waals surface area contributed by atoms with Crippen molar-refractivity contribution in [3.05, 3.63) is 53.1 Å². The molecule has 0 saturated heterocycles. The number of benzene rings is 2. The molecule has 0 fully saturated rings. The van der Waals surface area contributed by atoms with Gasteiger partial charge in [-0.25, -0.2) is 4.98 Å². The minimum atomic E-state index is -4.87. The van der Waals surface area contributed by atoms with Crippen LogP contribution in [0.4, 0.5) is 26.3 Å². The van der Waals surface area contributed by atoms with E-state index in [4.69, 9.17) is 0 Å². The molecule has 2 aromatic carbocycles. The van der Waals surface area contributed by atoms with E-state index in [9.17, 15) is 26.3 Å². The molecule has 8 heteroatoms. The maximum Gasteiger partial charge on any atom is 0.416 e. The van der Waals surface area contributed by atoms with Crippen molar-refractivity contribution in [3.63, 3.8) is 0 Å². The molecule has 1 aromatic heterocycles. The summed E-state index contributed by atoms with van der Waals surface area (Å²) in [6.07, 6.45) is -9.74. The van der Waals surface area contributed by atoms with Crippen molar-refractivity contribution in [2.45, 2.75) is 19.3 Å². The highest BCUT2D eigenvalue weighted by atomic mass is 32.1. The zero-order valence-corrected chi connectivity index (χ0v) is 12.9. The monoisotopic (exact) mass is 361 g/mol. The molecule has 3 rings (SSSR count). The third kappa shape index (κ3) is 3.24.